The zero-order valence-electron chi connectivity index (χ0n) is 11.6. The van der Waals surface area contributed by atoms with Gasteiger partial charge in [0.05, 0.1) is 22.0 Å². The van der Waals surface area contributed by atoms with Crippen molar-refractivity contribution in [1.82, 2.24) is 5.32 Å². The van der Waals surface area contributed by atoms with Crippen molar-refractivity contribution in [2.24, 2.45) is 0 Å². The van der Waals surface area contributed by atoms with Crippen LogP contribution in [0.25, 0.3) is 0 Å². The van der Waals surface area contributed by atoms with Crippen LogP contribution in [-0.4, -0.2) is 13.0 Å². The third-order valence-corrected chi connectivity index (χ3v) is 3.75. The molecule has 0 heterocycles. The van der Waals surface area contributed by atoms with Gasteiger partial charge in [0.15, 0.2) is 0 Å². The van der Waals surface area contributed by atoms with Gasteiger partial charge >= 0.3 is 0 Å². The molecule has 6 heteroatoms. The number of benzene rings is 2. The van der Waals surface area contributed by atoms with E-state index in [1.807, 2.05) is 6.92 Å². The summed E-state index contributed by atoms with van der Waals surface area (Å²) in [5.41, 5.74) is 8.86. The molecule has 0 aliphatic heterocycles. The molecule has 2 rings (SSSR count). The molecule has 0 saturated carbocycles. The van der Waals surface area contributed by atoms with Gasteiger partial charge in [-0.15, -0.1) is 0 Å². The number of carbonyl (C=O) groups is 1. The number of carbonyl (C=O) groups excluding carboxylic acids is 1. The fourth-order valence-corrected chi connectivity index (χ4v) is 2.31. The number of nitrogens with one attached hydrogen (secondary N) is 2. The van der Waals surface area contributed by atoms with E-state index in [9.17, 15) is 4.79 Å². The maximum Gasteiger partial charge on any atom is 0.253 e. The Kier molecular flexibility index (Phi) is 4.60. The summed E-state index contributed by atoms with van der Waals surface area (Å²) in [6.45, 7) is 1.87. The molecule has 0 radical (unpaired) electrons. The van der Waals surface area contributed by atoms with Crippen molar-refractivity contribution in [3.63, 3.8) is 0 Å². The third kappa shape index (κ3) is 3.40. The van der Waals surface area contributed by atoms with E-state index in [2.05, 4.69) is 10.6 Å². The fourth-order valence-electron chi connectivity index (χ4n) is 1.89. The summed E-state index contributed by atoms with van der Waals surface area (Å²) in [5.74, 6) is -0.216. The molecule has 0 aliphatic carbocycles. The molecule has 2 aromatic rings. The number of rotatable bonds is 3. The Morgan fingerprint density at radius 1 is 1.10 bits per heavy atom. The Balaban J connectivity index is 2.46. The van der Waals surface area contributed by atoms with Crippen molar-refractivity contribution in [2.75, 3.05) is 18.1 Å². The van der Waals surface area contributed by atoms with E-state index in [0.717, 1.165) is 5.56 Å². The van der Waals surface area contributed by atoms with Crippen LogP contribution in [0.5, 0.6) is 0 Å². The standard InChI is InChI=1S/C15H15Cl2N3O/c1-8-5-12(17)14(7-11(8)16)20-13-6-9(18)3-4-10(13)15(21)19-2/h3-7,20H,18H2,1-2H3,(H,19,21). The number of hydrogen-bond acceptors (Lipinski definition) is 3. The van der Waals surface area contributed by atoms with E-state index in [4.69, 9.17) is 28.9 Å². The Labute approximate surface area is 133 Å². The maximum atomic E-state index is 11.9. The van der Waals surface area contributed by atoms with Crippen LogP contribution in [0.1, 0.15) is 15.9 Å². The lowest BCUT2D eigenvalue weighted by Gasteiger charge is -2.14. The number of amides is 1. The average molecular weight is 324 g/mol. The minimum Gasteiger partial charge on any atom is -0.399 e. The van der Waals surface area contributed by atoms with Crippen LogP contribution in [0, 0.1) is 6.92 Å². The lowest BCUT2D eigenvalue weighted by atomic mass is 10.1. The van der Waals surface area contributed by atoms with Gasteiger partial charge in [0.25, 0.3) is 5.91 Å². The van der Waals surface area contributed by atoms with Gasteiger partial charge in [-0.05, 0) is 42.8 Å². The Morgan fingerprint density at radius 3 is 2.48 bits per heavy atom. The molecule has 0 unspecified atom stereocenters. The Bertz CT molecular complexity index is 702. The van der Waals surface area contributed by atoms with Crippen LogP contribution in [0.4, 0.5) is 17.1 Å². The van der Waals surface area contributed by atoms with E-state index < -0.39 is 0 Å². The van der Waals surface area contributed by atoms with E-state index in [1.165, 1.54) is 0 Å². The summed E-state index contributed by atoms with van der Waals surface area (Å²) in [6.07, 6.45) is 0. The van der Waals surface area contributed by atoms with Crippen molar-refractivity contribution < 1.29 is 4.79 Å². The Morgan fingerprint density at radius 2 is 1.81 bits per heavy atom. The maximum absolute atomic E-state index is 11.9. The van der Waals surface area contributed by atoms with Crippen LogP contribution in [0.3, 0.4) is 0 Å². The smallest absolute Gasteiger partial charge is 0.253 e. The molecule has 4 N–H and O–H groups in total. The summed E-state index contributed by atoms with van der Waals surface area (Å²) in [6, 6.07) is 8.47. The van der Waals surface area contributed by atoms with Crippen LogP contribution in [0.15, 0.2) is 30.3 Å². The summed E-state index contributed by atoms with van der Waals surface area (Å²) in [4.78, 5) is 11.9. The highest BCUT2D eigenvalue weighted by Gasteiger charge is 2.12. The predicted molar refractivity (Wildman–Crippen MR) is 88.7 cm³/mol. The van der Waals surface area contributed by atoms with Gasteiger partial charge in [0, 0.05) is 17.8 Å². The number of aryl methyl sites for hydroxylation is 1. The minimum absolute atomic E-state index is 0.216. The van der Waals surface area contributed by atoms with Gasteiger partial charge < -0.3 is 16.4 Å². The first-order chi connectivity index (χ1) is 9.92. The van der Waals surface area contributed by atoms with Gasteiger partial charge in [0.1, 0.15) is 0 Å². The number of anilines is 3. The topological polar surface area (TPSA) is 67.2 Å². The van der Waals surface area contributed by atoms with Gasteiger partial charge in [-0.1, -0.05) is 23.2 Å². The normalized spacial score (nSPS) is 10.3. The van der Waals surface area contributed by atoms with E-state index in [-0.39, 0.29) is 5.91 Å². The number of nitrogen functional groups attached to an aromatic ring is 1. The number of halogens is 2. The van der Waals surface area contributed by atoms with Crippen LogP contribution >= 0.6 is 23.2 Å². The molecule has 0 bridgehead atoms. The lowest BCUT2D eigenvalue weighted by Crippen LogP contribution is -2.19. The highest BCUT2D eigenvalue weighted by molar-refractivity contribution is 6.36. The molecule has 110 valence electrons. The van der Waals surface area contributed by atoms with Gasteiger partial charge in [-0.3, -0.25) is 4.79 Å². The third-order valence-electron chi connectivity index (χ3n) is 3.03. The fraction of sp³-hybridized carbons (Fsp3) is 0.133. The highest BCUT2D eigenvalue weighted by Crippen LogP contribution is 2.32. The molecule has 0 aromatic heterocycles. The molecule has 0 spiro atoms. The largest absolute Gasteiger partial charge is 0.399 e. The van der Waals surface area contributed by atoms with Crippen molar-refractivity contribution in [2.45, 2.75) is 6.92 Å². The van der Waals surface area contributed by atoms with Crippen molar-refractivity contribution >= 4 is 46.2 Å². The molecule has 4 nitrogen and oxygen atoms in total. The Hall–Kier alpha value is -1.91. The highest BCUT2D eigenvalue weighted by atomic mass is 35.5. The van der Waals surface area contributed by atoms with Crippen molar-refractivity contribution in [3.05, 3.63) is 51.5 Å². The number of nitrogens with two attached hydrogens (primary N) is 1. The van der Waals surface area contributed by atoms with Crippen molar-refractivity contribution in [1.29, 1.82) is 0 Å². The number of hydrogen-bond donors (Lipinski definition) is 3. The average Bonchev–Trinajstić information content (AvgIpc) is 2.44. The molecule has 21 heavy (non-hydrogen) atoms. The quantitative estimate of drug-likeness (QED) is 0.748. The van der Waals surface area contributed by atoms with Gasteiger partial charge in [-0.25, -0.2) is 0 Å². The molecule has 0 atom stereocenters. The first kappa shape index (κ1) is 15.5. The van der Waals surface area contributed by atoms with Crippen molar-refractivity contribution in [3.8, 4) is 0 Å². The first-order valence-electron chi connectivity index (χ1n) is 6.26. The molecular weight excluding hydrogens is 309 g/mol. The van der Waals surface area contributed by atoms with Crippen LogP contribution in [0.2, 0.25) is 10.0 Å². The molecule has 2 aromatic carbocycles. The summed E-state index contributed by atoms with van der Waals surface area (Å²) >= 11 is 12.3. The van der Waals surface area contributed by atoms with Crippen LogP contribution in [-0.2, 0) is 0 Å². The van der Waals surface area contributed by atoms with Gasteiger partial charge in [0.2, 0.25) is 0 Å². The second-order valence-electron chi connectivity index (χ2n) is 4.59. The molecule has 0 aliphatic rings. The molecule has 0 saturated heterocycles. The second kappa shape index (κ2) is 6.24. The first-order valence-corrected chi connectivity index (χ1v) is 7.02. The predicted octanol–water partition coefficient (Wildman–Crippen LogP) is 3.99. The summed E-state index contributed by atoms with van der Waals surface area (Å²) < 4.78 is 0. The van der Waals surface area contributed by atoms with Gasteiger partial charge in [-0.2, -0.15) is 0 Å². The molecular formula is C15H15Cl2N3O. The lowest BCUT2D eigenvalue weighted by molar-refractivity contribution is 0.0964. The molecule has 0 fully saturated rings. The zero-order valence-corrected chi connectivity index (χ0v) is 13.1. The molecule has 1 amide bonds. The SMILES string of the molecule is CNC(=O)c1ccc(N)cc1Nc1cc(Cl)c(C)cc1Cl. The van der Waals surface area contributed by atoms with Crippen LogP contribution < -0.4 is 16.4 Å². The zero-order chi connectivity index (χ0) is 15.6. The van der Waals surface area contributed by atoms with E-state index in [1.54, 1.807) is 37.4 Å². The minimum atomic E-state index is -0.216. The summed E-state index contributed by atoms with van der Waals surface area (Å²) in [5, 5.41) is 6.80. The second-order valence-corrected chi connectivity index (χ2v) is 5.40. The van der Waals surface area contributed by atoms with E-state index in [0.29, 0.717) is 32.7 Å². The monoisotopic (exact) mass is 323 g/mol. The van der Waals surface area contributed by atoms with E-state index >= 15 is 0 Å². The summed E-state index contributed by atoms with van der Waals surface area (Å²) in [7, 11) is 1.57.